The number of anilines is 1. The van der Waals surface area contributed by atoms with E-state index in [2.05, 4.69) is 5.32 Å². The molecule has 0 fully saturated rings. The quantitative estimate of drug-likeness (QED) is 0.387. The number of methoxy groups -OCH3 is 1. The predicted octanol–water partition coefficient (Wildman–Crippen LogP) is 4.67. The molecule has 3 N–H and O–H groups in total. The van der Waals surface area contributed by atoms with Crippen LogP contribution in [0.4, 0.5) is 5.69 Å². The molecule has 2 atom stereocenters. The van der Waals surface area contributed by atoms with E-state index in [1.165, 1.54) is 0 Å². The van der Waals surface area contributed by atoms with Crippen LogP contribution in [0, 0.1) is 5.92 Å². The maximum absolute atomic E-state index is 14.0. The zero-order chi connectivity index (χ0) is 25.9. The summed E-state index contributed by atoms with van der Waals surface area (Å²) >= 11 is 0. The van der Waals surface area contributed by atoms with Crippen LogP contribution in [0.25, 0.3) is 22.1 Å². The van der Waals surface area contributed by atoms with E-state index < -0.39 is 6.04 Å². The lowest BCUT2D eigenvalue weighted by atomic mass is 9.97. The van der Waals surface area contributed by atoms with Gasteiger partial charge >= 0.3 is 0 Å². The summed E-state index contributed by atoms with van der Waals surface area (Å²) in [6.07, 6.45) is 2.85. The van der Waals surface area contributed by atoms with Gasteiger partial charge in [0.15, 0.2) is 0 Å². The molecule has 4 aromatic rings. The normalized spacial score (nSPS) is 16.2. The molecule has 2 heterocycles. The molecule has 3 aromatic carbocycles. The number of amides is 2. The number of fused-ring (bicyclic) bond motifs is 2. The summed E-state index contributed by atoms with van der Waals surface area (Å²) < 4.78 is 11.5. The SMILES string of the molecule is COc1ccc2c(-c3ccco3)cccc2c1CN1C(=O)[C@@H](NC(=O)[C@@H](C)CN)CCc2ccccc21. The molecule has 0 saturated carbocycles. The number of rotatable bonds is 7. The van der Waals surface area contributed by atoms with Gasteiger partial charge in [0.1, 0.15) is 17.6 Å². The number of hydrogen-bond acceptors (Lipinski definition) is 5. The first-order valence-corrected chi connectivity index (χ1v) is 12.5. The highest BCUT2D eigenvalue weighted by Gasteiger charge is 2.33. The average Bonchev–Trinajstić information content (AvgIpc) is 3.43. The Kier molecular flexibility index (Phi) is 6.97. The van der Waals surface area contributed by atoms with E-state index in [9.17, 15) is 9.59 Å². The van der Waals surface area contributed by atoms with Crippen molar-refractivity contribution in [3.8, 4) is 17.1 Å². The van der Waals surface area contributed by atoms with Crippen LogP contribution in [0.3, 0.4) is 0 Å². The van der Waals surface area contributed by atoms with Crippen LogP contribution in [-0.2, 0) is 22.6 Å². The molecule has 0 saturated heterocycles. The number of furan rings is 1. The van der Waals surface area contributed by atoms with E-state index in [-0.39, 0.29) is 30.8 Å². The number of nitrogens with two attached hydrogens (primary N) is 1. The standard InChI is InChI=1S/C30H31N3O4/c1-19(17-31)29(34)32-25-14-12-20-7-3-4-10-26(20)33(30(25)35)18-24-21-8-5-9-23(28-11-6-16-37-28)22(21)13-15-27(24)36-2/h3-11,13,15-16,19,25H,12,14,17-18,31H2,1-2H3,(H,32,34)/t19-,25-/m0/s1. The van der Waals surface area contributed by atoms with Crippen LogP contribution in [0.1, 0.15) is 24.5 Å². The number of para-hydroxylation sites is 1. The molecule has 7 heteroatoms. The Morgan fingerprint density at radius 2 is 1.95 bits per heavy atom. The van der Waals surface area contributed by atoms with Crippen molar-refractivity contribution in [3.05, 3.63) is 84.1 Å². The van der Waals surface area contributed by atoms with Gasteiger partial charge in [-0.05, 0) is 59.5 Å². The van der Waals surface area contributed by atoms with Gasteiger partial charge in [0.2, 0.25) is 11.8 Å². The number of carbonyl (C=O) groups excluding carboxylic acids is 2. The van der Waals surface area contributed by atoms with Crippen LogP contribution in [0.2, 0.25) is 0 Å². The second-order valence-corrected chi connectivity index (χ2v) is 9.41. The van der Waals surface area contributed by atoms with Crippen molar-refractivity contribution >= 4 is 28.3 Å². The van der Waals surface area contributed by atoms with Crippen LogP contribution >= 0.6 is 0 Å². The molecule has 1 aromatic heterocycles. The van der Waals surface area contributed by atoms with E-state index in [1.807, 2.05) is 66.7 Å². The summed E-state index contributed by atoms with van der Waals surface area (Å²) in [5.74, 6) is 0.733. The molecule has 5 rings (SSSR count). The van der Waals surface area contributed by atoms with Crippen molar-refractivity contribution in [2.24, 2.45) is 11.7 Å². The first-order chi connectivity index (χ1) is 18.0. The maximum Gasteiger partial charge on any atom is 0.249 e. The summed E-state index contributed by atoms with van der Waals surface area (Å²) in [6, 6.07) is 21.1. The van der Waals surface area contributed by atoms with Crippen molar-refractivity contribution < 1.29 is 18.7 Å². The third kappa shape index (κ3) is 4.70. The van der Waals surface area contributed by atoms with Gasteiger partial charge in [0.05, 0.1) is 19.9 Å². The second kappa shape index (κ2) is 10.5. The minimum absolute atomic E-state index is 0.149. The van der Waals surface area contributed by atoms with Crippen molar-refractivity contribution in [3.63, 3.8) is 0 Å². The smallest absolute Gasteiger partial charge is 0.249 e. The van der Waals surface area contributed by atoms with Crippen molar-refractivity contribution in [2.45, 2.75) is 32.4 Å². The Balaban J connectivity index is 1.60. The summed E-state index contributed by atoms with van der Waals surface area (Å²) in [4.78, 5) is 28.4. The van der Waals surface area contributed by atoms with Crippen LogP contribution in [-0.4, -0.2) is 31.5 Å². The molecule has 0 aliphatic carbocycles. The number of aryl methyl sites for hydroxylation is 1. The average molecular weight is 498 g/mol. The van der Waals surface area contributed by atoms with Gasteiger partial charge in [-0.3, -0.25) is 9.59 Å². The number of nitrogens with one attached hydrogen (secondary N) is 1. The largest absolute Gasteiger partial charge is 0.496 e. The van der Waals surface area contributed by atoms with Gasteiger partial charge in [-0.15, -0.1) is 0 Å². The number of hydrogen-bond donors (Lipinski definition) is 2. The molecular formula is C30H31N3O4. The van der Waals surface area contributed by atoms with Gasteiger partial charge in [-0.2, -0.15) is 0 Å². The van der Waals surface area contributed by atoms with E-state index in [0.717, 1.165) is 38.9 Å². The van der Waals surface area contributed by atoms with Gasteiger partial charge in [0, 0.05) is 29.3 Å². The monoisotopic (exact) mass is 497 g/mol. The predicted molar refractivity (Wildman–Crippen MR) is 144 cm³/mol. The minimum atomic E-state index is -0.645. The van der Waals surface area contributed by atoms with Gasteiger partial charge in [-0.1, -0.05) is 43.3 Å². The second-order valence-electron chi connectivity index (χ2n) is 9.41. The Morgan fingerprint density at radius 1 is 1.11 bits per heavy atom. The number of ether oxygens (including phenoxy) is 1. The van der Waals surface area contributed by atoms with Crippen molar-refractivity contribution in [2.75, 3.05) is 18.6 Å². The first kappa shape index (κ1) is 24.6. The summed E-state index contributed by atoms with van der Waals surface area (Å²) in [5, 5.41) is 4.93. The zero-order valence-corrected chi connectivity index (χ0v) is 21.1. The molecule has 7 nitrogen and oxygen atoms in total. The Morgan fingerprint density at radius 3 is 2.70 bits per heavy atom. The van der Waals surface area contributed by atoms with E-state index >= 15 is 0 Å². The number of benzene rings is 3. The van der Waals surface area contributed by atoms with Gasteiger partial charge < -0.3 is 25.1 Å². The van der Waals surface area contributed by atoms with Crippen LogP contribution in [0.5, 0.6) is 5.75 Å². The summed E-state index contributed by atoms with van der Waals surface area (Å²) in [7, 11) is 1.64. The molecule has 2 amide bonds. The third-order valence-corrected chi connectivity index (χ3v) is 7.12. The van der Waals surface area contributed by atoms with Crippen molar-refractivity contribution in [1.29, 1.82) is 0 Å². The fraction of sp³-hybridized carbons (Fsp3) is 0.267. The summed E-state index contributed by atoms with van der Waals surface area (Å²) in [5.41, 5.74) is 9.46. The highest BCUT2D eigenvalue weighted by molar-refractivity contribution is 6.03. The Labute approximate surface area is 216 Å². The summed E-state index contributed by atoms with van der Waals surface area (Å²) in [6.45, 7) is 2.28. The lowest BCUT2D eigenvalue weighted by Gasteiger charge is -2.28. The van der Waals surface area contributed by atoms with E-state index in [0.29, 0.717) is 18.6 Å². The fourth-order valence-corrected chi connectivity index (χ4v) is 4.99. The Hall–Kier alpha value is -4.10. The lowest BCUT2D eigenvalue weighted by molar-refractivity contribution is -0.129. The highest BCUT2D eigenvalue weighted by atomic mass is 16.5. The molecule has 190 valence electrons. The lowest BCUT2D eigenvalue weighted by Crippen LogP contribution is -2.49. The molecule has 0 radical (unpaired) electrons. The zero-order valence-electron chi connectivity index (χ0n) is 21.1. The van der Waals surface area contributed by atoms with Crippen LogP contribution < -0.4 is 20.7 Å². The topological polar surface area (TPSA) is 97.8 Å². The molecule has 1 aliphatic rings. The molecule has 0 unspecified atom stereocenters. The van der Waals surface area contributed by atoms with Crippen LogP contribution in [0.15, 0.2) is 77.4 Å². The Bertz CT molecular complexity index is 1430. The first-order valence-electron chi connectivity index (χ1n) is 12.5. The van der Waals surface area contributed by atoms with Gasteiger partial charge in [-0.25, -0.2) is 0 Å². The molecule has 37 heavy (non-hydrogen) atoms. The van der Waals surface area contributed by atoms with E-state index in [4.69, 9.17) is 14.9 Å². The van der Waals surface area contributed by atoms with Crippen molar-refractivity contribution in [1.82, 2.24) is 5.32 Å². The van der Waals surface area contributed by atoms with E-state index in [1.54, 1.807) is 25.2 Å². The number of nitrogens with zero attached hydrogens (tertiary/aromatic N) is 1. The minimum Gasteiger partial charge on any atom is -0.496 e. The molecule has 0 spiro atoms. The maximum atomic E-state index is 14.0. The fourth-order valence-electron chi connectivity index (χ4n) is 4.99. The molecule has 1 aliphatic heterocycles. The molecular weight excluding hydrogens is 466 g/mol. The number of carbonyl (C=O) groups is 2. The third-order valence-electron chi connectivity index (χ3n) is 7.12. The van der Waals surface area contributed by atoms with Gasteiger partial charge in [0.25, 0.3) is 0 Å². The highest BCUT2D eigenvalue weighted by Crippen LogP contribution is 2.37. The molecule has 0 bridgehead atoms.